The van der Waals surface area contributed by atoms with Crippen molar-refractivity contribution >= 4 is 0 Å². The van der Waals surface area contributed by atoms with Crippen molar-refractivity contribution in [1.29, 1.82) is 0 Å². The molecule has 0 amide bonds. The Hall–Kier alpha value is -0.520. The van der Waals surface area contributed by atoms with Crippen molar-refractivity contribution in [2.24, 2.45) is 23.2 Å². The molecular weight excluding hydrogens is 180 g/mol. The molecule has 84 valence electrons. The fraction of sp³-hybridized carbons (Fsp3) is 0.733. The van der Waals surface area contributed by atoms with Crippen molar-refractivity contribution < 1.29 is 0 Å². The van der Waals surface area contributed by atoms with Gasteiger partial charge in [-0.2, -0.15) is 0 Å². The Morgan fingerprint density at radius 2 is 2.07 bits per heavy atom. The monoisotopic (exact) mass is 204 g/mol. The second-order valence-corrected chi connectivity index (χ2v) is 6.16. The summed E-state index contributed by atoms with van der Waals surface area (Å²) in [6, 6.07) is 0. The van der Waals surface area contributed by atoms with Gasteiger partial charge in [0.1, 0.15) is 0 Å². The molecule has 15 heavy (non-hydrogen) atoms. The Morgan fingerprint density at radius 3 is 2.67 bits per heavy atom. The topological polar surface area (TPSA) is 0 Å². The minimum absolute atomic E-state index is 0.467. The van der Waals surface area contributed by atoms with Crippen molar-refractivity contribution in [3.63, 3.8) is 0 Å². The molecule has 0 heteroatoms. The largest absolute Gasteiger partial charge is 0.0807 e. The van der Waals surface area contributed by atoms with Gasteiger partial charge in [-0.25, -0.2) is 0 Å². The number of allylic oxidation sites excluding steroid dienone is 4. The molecule has 0 aromatic heterocycles. The van der Waals surface area contributed by atoms with E-state index in [-0.39, 0.29) is 0 Å². The van der Waals surface area contributed by atoms with E-state index in [1.54, 1.807) is 5.57 Å². The van der Waals surface area contributed by atoms with Crippen LogP contribution in [0.3, 0.4) is 0 Å². The SMILES string of the molecule is CC1=CCC2(C)C(=C1)C(C(C)C)CC2C. The van der Waals surface area contributed by atoms with E-state index in [9.17, 15) is 0 Å². The summed E-state index contributed by atoms with van der Waals surface area (Å²) in [6.07, 6.45) is 7.54. The van der Waals surface area contributed by atoms with Crippen LogP contribution in [0.2, 0.25) is 0 Å². The van der Waals surface area contributed by atoms with E-state index in [4.69, 9.17) is 0 Å². The lowest BCUT2D eigenvalue weighted by Crippen LogP contribution is -2.24. The van der Waals surface area contributed by atoms with Crippen LogP contribution in [-0.4, -0.2) is 0 Å². The van der Waals surface area contributed by atoms with Crippen LogP contribution in [0.5, 0.6) is 0 Å². The highest BCUT2D eigenvalue weighted by Crippen LogP contribution is 2.56. The van der Waals surface area contributed by atoms with Gasteiger partial charge in [0.25, 0.3) is 0 Å². The van der Waals surface area contributed by atoms with Gasteiger partial charge < -0.3 is 0 Å². The van der Waals surface area contributed by atoms with Crippen molar-refractivity contribution in [2.75, 3.05) is 0 Å². The fourth-order valence-corrected chi connectivity index (χ4v) is 3.38. The maximum Gasteiger partial charge on any atom is -0.00498 e. The molecular formula is C15H24. The maximum atomic E-state index is 2.47. The van der Waals surface area contributed by atoms with Crippen molar-refractivity contribution in [1.82, 2.24) is 0 Å². The fourth-order valence-electron chi connectivity index (χ4n) is 3.38. The van der Waals surface area contributed by atoms with Crippen LogP contribution >= 0.6 is 0 Å². The van der Waals surface area contributed by atoms with Gasteiger partial charge in [-0.1, -0.05) is 51.0 Å². The van der Waals surface area contributed by atoms with Crippen LogP contribution in [0.25, 0.3) is 0 Å². The summed E-state index contributed by atoms with van der Waals surface area (Å²) in [6.45, 7) is 11.9. The van der Waals surface area contributed by atoms with Crippen LogP contribution < -0.4 is 0 Å². The Labute approximate surface area is 94.5 Å². The highest BCUT2D eigenvalue weighted by molar-refractivity contribution is 5.36. The molecule has 1 saturated carbocycles. The van der Waals surface area contributed by atoms with Crippen molar-refractivity contribution in [3.05, 3.63) is 23.3 Å². The van der Waals surface area contributed by atoms with E-state index in [0.29, 0.717) is 5.41 Å². The molecule has 2 aliphatic rings. The quantitative estimate of drug-likeness (QED) is 0.586. The maximum absolute atomic E-state index is 2.47. The Balaban J connectivity index is 2.39. The van der Waals surface area contributed by atoms with Gasteiger partial charge in [0.15, 0.2) is 0 Å². The number of rotatable bonds is 1. The van der Waals surface area contributed by atoms with E-state index in [1.165, 1.54) is 18.4 Å². The van der Waals surface area contributed by atoms with Crippen molar-refractivity contribution in [3.8, 4) is 0 Å². The van der Waals surface area contributed by atoms with E-state index >= 15 is 0 Å². The summed E-state index contributed by atoms with van der Waals surface area (Å²) >= 11 is 0. The Kier molecular flexibility index (Phi) is 2.56. The van der Waals surface area contributed by atoms with Crippen LogP contribution in [0.15, 0.2) is 23.3 Å². The molecule has 0 radical (unpaired) electrons. The summed E-state index contributed by atoms with van der Waals surface area (Å²) in [5.41, 5.74) is 3.68. The molecule has 0 aliphatic heterocycles. The molecule has 3 atom stereocenters. The predicted molar refractivity (Wildman–Crippen MR) is 66.7 cm³/mol. The first-order valence-electron chi connectivity index (χ1n) is 6.34. The first kappa shape index (κ1) is 11.0. The highest BCUT2D eigenvalue weighted by atomic mass is 14.5. The van der Waals surface area contributed by atoms with Crippen LogP contribution in [-0.2, 0) is 0 Å². The summed E-state index contributed by atoms with van der Waals surface area (Å²) in [4.78, 5) is 0. The average Bonchev–Trinajstić information content (AvgIpc) is 2.41. The summed E-state index contributed by atoms with van der Waals surface area (Å²) < 4.78 is 0. The Bertz CT molecular complexity index is 319. The highest BCUT2D eigenvalue weighted by Gasteiger charge is 2.46. The third kappa shape index (κ3) is 1.58. The molecule has 0 N–H and O–H groups in total. The number of fused-ring (bicyclic) bond motifs is 1. The zero-order valence-electron chi connectivity index (χ0n) is 10.8. The lowest BCUT2D eigenvalue weighted by atomic mass is 9.70. The van der Waals surface area contributed by atoms with Gasteiger partial charge in [0, 0.05) is 0 Å². The second-order valence-electron chi connectivity index (χ2n) is 6.16. The van der Waals surface area contributed by atoms with E-state index in [2.05, 4.69) is 46.8 Å². The molecule has 2 aliphatic carbocycles. The molecule has 1 fully saturated rings. The molecule has 0 aromatic rings. The second kappa shape index (κ2) is 3.50. The van der Waals surface area contributed by atoms with Gasteiger partial charge in [0.2, 0.25) is 0 Å². The van der Waals surface area contributed by atoms with Gasteiger partial charge in [-0.15, -0.1) is 0 Å². The molecule has 2 rings (SSSR count). The van der Waals surface area contributed by atoms with E-state index in [0.717, 1.165) is 17.8 Å². The predicted octanol–water partition coefficient (Wildman–Crippen LogP) is 4.58. The molecule has 0 aromatic carbocycles. The summed E-state index contributed by atoms with van der Waals surface area (Å²) in [5, 5.41) is 0. The normalized spacial score (nSPS) is 40.1. The minimum Gasteiger partial charge on any atom is -0.0807 e. The smallest absolute Gasteiger partial charge is 0.00498 e. The number of hydrogen-bond donors (Lipinski definition) is 0. The third-order valence-electron chi connectivity index (χ3n) is 4.79. The first-order valence-corrected chi connectivity index (χ1v) is 6.34. The van der Waals surface area contributed by atoms with Gasteiger partial charge >= 0.3 is 0 Å². The summed E-state index contributed by atoms with van der Waals surface area (Å²) in [5.74, 6) is 2.47. The molecule has 3 unspecified atom stereocenters. The van der Waals surface area contributed by atoms with Crippen molar-refractivity contribution in [2.45, 2.75) is 47.5 Å². The average molecular weight is 204 g/mol. The summed E-state index contributed by atoms with van der Waals surface area (Å²) in [7, 11) is 0. The van der Waals surface area contributed by atoms with E-state index in [1.807, 2.05) is 0 Å². The zero-order chi connectivity index (χ0) is 11.2. The minimum atomic E-state index is 0.467. The third-order valence-corrected chi connectivity index (χ3v) is 4.79. The molecule has 0 bridgehead atoms. The molecule has 0 saturated heterocycles. The lowest BCUT2D eigenvalue weighted by Gasteiger charge is -2.34. The lowest BCUT2D eigenvalue weighted by molar-refractivity contribution is 0.297. The zero-order valence-corrected chi connectivity index (χ0v) is 10.8. The van der Waals surface area contributed by atoms with Crippen LogP contribution in [0, 0.1) is 23.2 Å². The molecule has 0 nitrogen and oxygen atoms in total. The van der Waals surface area contributed by atoms with Gasteiger partial charge in [-0.05, 0) is 42.9 Å². The molecule has 0 spiro atoms. The Morgan fingerprint density at radius 1 is 1.40 bits per heavy atom. The van der Waals surface area contributed by atoms with Gasteiger partial charge in [-0.3, -0.25) is 0 Å². The van der Waals surface area contributed by atoms with Crippen LogP contribution in [0.4, 0.5) is 0 Å². The van der Waals surface area contributed by atoms with Crippen LogP contribution in [0.1, 0.15) is 47.5 Å². The van der Waals surface area contributed by atoms with E-state index < -0.39 is 0 Å². The van der Waals surface area contributed by atoms with Gasteiger partial charge in [0.05, 0.1) is 0 Å². The number of hydrogen-bond acceptors (Lipinski definition) is 0. The molecule has 0 heterocycles. The first-order chi connectivity index (χ1) is 6.95. The standard InChI is InChI=1S/C15H24/c1-10(2)13-9-12(4)15(5)7-6-11(3)8-14(13)15/h6,8,10,12-13H,7,9H2,1-5H3.